The van der Waals surface area contributed by atoms with Gasteiger partial charge in [0.2, 0.25) is 0 Å². The molecule has 0 amide bonds. The fourth-order valence-corrected chi connectivity index (χ4v) is 2.93. The van der Waals surface area contributed by atoms with E-state index in [0.29, 0.717) is 12.1 Å². The van der Waals surface area contributed by atoms with Crippen LogP contribution in [0.5, 0.6) is 0 Å². The average molecular weight is 275 g/mol. The summed E-state index contributed by atoms with van der Waals surface area (Å²) in [5, 5.41) is 6.34. The van der Waals surface area contributed by atoms with Crippen molar-refractivity contribution in [2.75, 3.05) is 0 Å². The monoisotopic (exact) mass is 275 g/mol. The predicted molar refractivity (Wildman–Crippen MR) is 90.4 cm³/mol. The van der Waals surface area contributed by atoms with Crippen molar-refractivity contribution in [1.82, 2.24) is 5.32 Å². The zero-order valence-electron chi connectivity index (χ0n) is 12.6. The van der Waals surface area contributed by atoms with E-state index in [-0.39, 0.29) is 0 Å². The van der Waals surface area contributed by atoms with E-state index in [4.69, 9.17) is 0 Å². The number of benzene rings is 3. The molecule has 0 aliphatic heterocycles. The van der Waals surface area contributed by atoms with Crippen LogP contribution in [-0.4, -0.2) is 0 Å². The highest BCUT2D eigenvalue weighted by atomic mass is 14.9. The molecule has 0 aliphatic rings. The van der Waals surface area contributed by atoms with Crippen molar-refractivity contribution in [1.29, 1.82) is 0 Å². The molecule has 3 rings (SSSR count). The van der Waals surface area contributed by atoms with Crippen LogP contribution in [0.1, 0.15) is 37.1 Å². The molecule has 1 nitrogen and oxygen atoms in total. The molecule has 0 fully saturated rings. The van der Waals surface area contributed by atoms with Crippen LogP contribution in [0.15, 0.2) is 72.8 Å². The Morgan fingerprint density at radius 1 is 0.667 bits per heavy atom. The first-order valence-corrected chi connectivity index (χ1v) is 7.54. The largest absolute Gasteiger partial charge is 0.304 e. The summed E-state index contributed by atoms with van der Waals surface area (Å²) in [6.45, 7) is 4.46. The lowest BCUT2D eigenvalue weighted by Crippen LogP contribution is -2.22. The zero-order valence-corrected chi connectivity index (χ0v) is 12.6. The van der Waals surface area contributed by atoms with E-state index in [0.717, 1.165) is 0 Å². The van der Waals surface area contributed by atoms with Crippen LogP contribution in [0, 0.1) is 0 Å². The van der Waals surface area contributed by atoms with Gasteiger partial charge in [-0.05, 0) is 35.7 Å². The summed E-state index contributed by atoms with van der Waals surface area (Å²) in [5.74, 6) is 0. The molecule has 3 aromatic carbocycles. The lowest BCUT2D eigenvalue weighted by Gasteiger charge is -2.22. The Balaban J connectivity index is 1.86. The predicted octanol–water partition coefficient (Wildman–Crippen LogP) is 5.25. The van der Waals surface area contributed by atoms with Gasteiger partial charge in [-0.25, -0.2) is 0 Å². The molecule has 0 unspecified atom stereocenters. The molecule has 0 bridgehead atoms. The minimum absolute atomic E-state index is 0.311. The number of fused-ring (bicyclic) bond motifs is 1. The van der Waals surface area contributed by atoms with E-state index in [1.165, 1.54) is 21.9 Å². The van der Waals surface area contributed by atoms with Crippen molar-refractivity contribution in [3.05, 3.63) is 83.9 Å². The number of hydrogen-bond donors (Lipinski definition) is 1. The van der Waals surface area contributed by atoms with Gasteiger partial charge in [0, 0.05) is 12.1 Å². The second kappa shape index (κ2) is 6.11. The molecule has 0 saturated heterocycles. The summed E-state index contributed by atoms with van der Waals surface area (Å²) < 4.78 is 0. The molecule has 3 aromatic rings. The minimum Gasteiger partial charge on any atom is -0.304 e. The van der Waals surface area contributed by atoms with Crippen LogP contribution in [0.25, 0.3) is 10.8 Å². The van der Waals surface area contributed by atoms with Gasteiger partial charge in [-0.1, -0.05) is 72.8 Å². The number of rotatable bonds is 4. The summed E-state index contributed by atoms with van der Waals surface area (Å²) in [5.41, 5.74) is 2.68. The Bertz CT molecular complexity index is 713. The van der Waals surface area contributed by atoms with Gasteiger partial charge in [0.15, 0.2) is 0 Å². The van der Waals surface area contributed by atoms with Crippen molar-refractivity contribution in [2.45, 2.75) is 25.9 Å². The Kier molecular flexibility index (Phi) is 4.03. The van der Waals surface area contributed by atoms with Gasteiger partial charge in [-0.3, -0.25) is 0 Å². The van der Waals surface area contributed by atoms with Crippen LogP contribution in [0.3, 0.4) is 0 Å². The Morgan fingerprint density at radius 3 is 2.14 bits per heavy atom. The maximum atomic E-state index is 3.70. The maximum absolute atomic E-state index is 3.70. The standard InChI is InChI=1S/C20H21N/c1-15(17-9-4-3-5-10-17)21-16(2)19-14-8-12-18-11-6-7-13-20(18)19/h3-16,21H,1-2H3/t15-,16-/m1/s1. The molecule has 0 heterocycles. The third kappa shape index (κ3) is 2.98. The second-order valence-electron chi connectivity index (χ2n) is 5.59. The molecule has 1 heteroatoms. The van der Waals surface area contributed by atoms with Crippen LogP contribution >= 0.6 is 0 Å². The van der Waals surface area contributed by atoms with Crippen LogP contribution in [0.2, 0.25) is 0 Å². The molecular formula is C20H21N. The Hall–Kier alpha value is -2.12. The summed E-state index contributed by atoms with van der Waals surface area (Å²) in [6, 6.07) is 26.4. The highest BCUT2D eigenvalue weighted by Crippen LogP contribution is 2.26. The molecule has 0 aromatic heterocycles. The van der Waals surface area contributed by atoms with E-state index < -0.39 is 0 Å². The van der Waals surface area contributed by atoms with Crippen LogP contribution in [0.4, 0.5) is 0 Å². The molecule has 21 heavy (non-hydrogen) atoms. The van der Waals surface area contributed by atoms with E-state index in [1.807, 2.05) is 0 Å². The van der Waals surface area contributed by atoms with Gasteiger partial charge < -0.3 is 5.32 Å². The number of hydrogen-bond acceptors (Lipinski definition) is 1. The summed E-state index contributed by atoms with van der Waals surface area (Å²) in [4.78, 5) is 0. The third-order valence-corrected chi connectivity index (χ3v) is 4.09. The summed E-state index contributed by atoms with van der Waals surface area (Å²) in [6.07, 6.45) is 0. The van der Waals surface area contributed by atoms with Crippen LogP contribution < -0.4 is 5.32 Å². The van der Waals surface area contributed by atoms with Crippen LogP contribution in [-0.2, 0) is 0 Å². The van der Waals surface area contributed by atoms with E-state index in [2.05, 4.69) is 92.0 Å². The Labute approximate surface area is 126 Å². The van der Waals surface area contributed by atoms with Gasteiger partial charge in [-0.2, -0.15) is 0 Å². The smallest absolute Gasteiger partial charge is 0.0303 e. The maximum Gasteiger partial charge on any atom is 0.0303 e. The fourth-order valence-electron chi connectivity index (χ4n) is 2.93. The lowest BCUT2D eigenvalue weighted by molar-refractivity contribution is 0.497. The van der Waals surface area contributed by atoms with Gasteiger partial charge >= 0.3 is 0 Å². The minimum atomic E-state index is 0.311. The molecular weight excluding hydrogens is 254 g/mol. The molecule has 0 aliphatic carbocycles. The van der Waals surface area contributed by atoms with Gasteiger partial charge in [-0.15, -0.1) is 0 Å². The topological polar surface area (TPSA) is 12.0 Å². The highest BCUT2D eigenvalue weighted by molar-refractivity contribution is 5.86. The van der Waals surface area contributed by atoms with Crippen molar-refractivity contribution < 1.29 is 0 Å². The van der Waals surface area contributed by atoms with Gasteiger partial charge in [0.25, 0.3) is 0 Å². The molecule has 2 atom stereocenters. The van der Waals surface area contributed by atoms with Crippen molar-refractivity contribution >= 4 is 10.8 Å². The van der Waals surface area contributed by atoms with E-state index in [9.17, 15) is 0 Å². The van der Waals surface area contributed by atoms with Gasteiger partial charge in [0.05, 0.1) is 0 Å². The third-order valence-electron chi connectivity index (χ3n) is 4.09. The van der Waals surface area contributed by atoms with E-state index in [1.54, 1.807) is 0 Å². The highest BCUT2D eigenvalue weighted by Gasteiger charge is 2.12. The van der Waals surface area contributed by atoms with Crippen molar-refractivity contribution in [3.63, 3.8) is 0 Å². The fraction of sp³-hybridized carbons (Fsp3) is 0.200. The summed E-state index contributed by atoms with van der Waals surface area (Å²) in [7, 11) is 0. The zero-order chi connectivity index (χ0) is 14.7. The normalized spacial score (nSPS) is 14.0. The van der Waals surface area contributed by atoms with Gasteiger partial charge in [0.1, 0.15) is 0 Å². The SMILES string of the molecule is C[C@@H](N[C@H](C)c1cccc2ccccc12)c1ccccc1. The second-order valence-corrected chi connectivity index (χ2v) is 5.59. The first-order chi connectivity index (χ1) is 10.3. The molecule has 0 spiro atoms. The quantitative estimate of drug-likeness (QED) is 0.685. The summed E-state index contributed by atoms with van der Waals surface area (Å²) >= 11 is 0. The first-order valence-electron chi connectivity index (χ1n) is 7.54. The molecule has 1 N–H and O–H groups in total. The Morgan fingerprint density at radius 2 is 1.33 bits per heavy atom. The molecule has 106 valence electrons. The number of nitrogens with one attached hydrogen (secondary N) is 1. The molecule has 0 saturated carbocycles. The molecule has 0 radical (unpaired) electrons. The first kappa shape index (κ1) is 13.8. The lowest BCUT2D eigenvalue weighted by atomic mass is 9.98. The van der Waals surface area contributed by atoms with Crippen molar-refractivity contribution in [3.8, 4) is 0 Å². The van der Waals surface area contributed by atoms with E-state index >= 15 is 0 Å². The van der Waals surface area contributed by atoms with Crippen molar-refractivity contribution in [2.24, 2.45) is 0 Å². The average Bonchev–Trinajstić information content (AvgIpc) is 2.55.